The maximum Gasteiger partial charge on any atom is 0.255 e. The molecule has 2 aromatic carbocycles. The predicted octanol–water partition coefficient (Wildman–Crippen LogP) is 3.44. The minimum Gasteiger partial charge on any atom is -0.352 e. The summed E-state index contributed by atoms with van der Waals surface area (Å²) in [5.74, 6) is -0.563. The summed E-state index contributed by atoms with van der Waals surface area (Å²) >= 11 is 1.45. The Morgan fingerprint density at radius 1 is 0.828 bits per heavy atom. The maximum absolute atomic E-state index is 12.4. The van der Waals surface area contributed by atoms with Crippen LogP contribution in [0.1, 0.15) is 32.7 Å². The number of benzene rings is 2. The van der Waals surface area contributed by atoms with E-state index in [0.29, 0.717) is 17.7 Å². The lowest BCUT2D eigenvalue weighted by molar-refractivity contribution is -0.121. The Hall–Kier alpha value is -3.45. The summed E-state index contributed by atoms with van der Waals surface area (Å²) in [6, 6.07) is 18.1. The van der Waals surface area contributed by atoms with Crippen molar-refractivity contribution in [3.63, 3.8) is 0 Å². The number of anilines is 1. The van der Waals surface area contributed by atoms with E-state index in [1.165, 1.54) is 11.3 Å². The van der Waals surface area contributed by atoms with Crippen molar-refractivity contribution in [2.24, 2.45) is 0 Å². The molecule has 3 rings (SSSR count). The number of thiophene rings is 1. The molecule has 0 spiro atoms. The summed E-state index contributed by atoms with van der Waals surface area (Å²) < 4.78 is 0. The highest BCUT2D eigenvalue weighted by Gasteiger charge is 2.09. The van der Waals surface area contributed by atoms with E-state index in [2.05, 4.69) is 16.0 Å². The van der Waals surface area contributed by atoms with Crippen LogP contribution >= 0.6 is 11.3 Å². The monoisotopic (exact) mass is 407 g/mol. The predicted molar refractivity (Wildman–Crippen MR) is 114 cm³/mol. The molecule has 0 bridgehead atoms. The summed E-state index contributed by atoms with van der Waals surface area (Å²) in [6.45, 7) is 0.573. The van der Waals surface area contributed by atoms with E-state index in [1.807, 2.05) is 41.8 Å². The average molecular weight is 407 g/mol. The molecule has 0 aliphatic rings. The first kappa shape index (κ1) is 20.3. The molecule has 0 saturated carbocycles. The third kappa shape index (κ3) is 6.29. The van der Waals surface area contributed by atoms with Crippen molar-refractivity contribution >= 4 is 34.7 Å². The van der Waals surface area contributed by atoms with Crippen molar-refractivity contribution in [3.8, 4) is 0 Å². The number of nitrogens with one attached hydrogen (secondary N) is 3. The first-order valence-corrected chi connectivity index (χ1v) is 10.1. The molecular formula is C22H21N3O3S. The second-order valence-electron chi connectivity index (χ2n) is 6.32. The van der Waals surface area contributed by atoms with Crippen LogP contribution in [-0.2, 0) is 11.3 Å². The first-order valence-electron chi connectivity index (χ1n) is 9.14. The number of hydrogen-bond acceptors (Lipinski definition) is 4. The van der Waals surface area contributed by atoms with Crippen LogP contribution in [0.2, 0.25) is 0 Å². The molecule has 1 heterocycles. The first-order chi connectivity index (χ1) is 14.1. The van der Waals surface area contributed by atoms with E-state index >= 15 is 0 Å². The van der Waals surface area contributed by atoms with Gasteiger partial charge in [0.2, 0.25) is 5.91 Å². The van der Waals surface area contributed by atoms with Gasteiger partial charge < -0.3 is 16.0 Å². The molecule has 0 radical (unpaired) electrons. The van der Waals surface area contributed by atoms with E-state index in [0.717, 1.165) is 11.3 Å². The Bertz CT molecular complexity index is 972. The lowest BCUT2D eigenvalue weighted by Gasteiger charge is -2.09. The molecule has 0 atom stereocenters. The van der Waals surface area contributed by atoms with Gasteiger partial charge in [-0.3, -0.25) is 14.4 Å². The van der Waals surface area contributed by atoms with Gasteiger partial charge in [0, 0.05) is 41.7 Å². The molecule has 3 aromatic rings. The van der Waals surface area contributed by atoms with Crippen molar-refractivity contribution in [2.45, 2.75) is 13.0 Å². The SMILES string of the molecule is O=C(CCNC(=O)c1ccsc1)NCc1cccc(C(=O)Nc2ccccc2)c1. The highest BCUT2D eigenvalue weighted by molar-refractivity contribution is 7.08. The highest BCUT2D eigenvalue weighted by atomic mass is 32.1. The third-order valence-corrected chi connectivity index (χ3v) is 4.81. The van der Waals surface area contributed by atoms with Crippen molar-refractivity contribution in [1.82, 2.24) is 10.6 Å². The zero-order valence-electron chi connectivity index (χ0n) is 15.7. The van der Waals surface area contributed by atoms with Gasteiger partial charge in [-0.05, 0) is 41.3 Å². The molecule has 0 unspecified atom stereocenters. The van der Waals surface area contributed by atoms with E-state index in [-0.39, 0.29) is 30.7 Å². The maximum atomic E-state index is 12.4. The van der Waals surface area contributed by atoms with E-state index in [1.54, 1.807) is 29.6 Å². The van der Waals surface area contributed by atoms with E-state index < -0.39 is 0 Å². The second-order valence-corrected chi connectivity index (χ2v) is 7.10. The molecular weight excluding hydrogens is 386 g/mol. The second kappa shape index (κ2) is 10.2. The molecule has 7 heteroatoms. The van der Waals surface area contributed by atoms with Gasteiger partial charge in [-0.15, -0.1) is 0 Å². The van der Waals surface area contributed by atoms with E-state index in [4.69, 9.17) is 0 Å². The van der Waals surface area contributed by atoms with Crippen LogP contribution < -0.4 is 16.0 Å². The summed E-state index contributed by atoms with van der Waals surface area (Å²) in [7, 11) is 0. The fourth-order valence-corrected chi connectivity index (χ4v) is 3.26. The Kier molecular flexibility index (Phi) is 7.13. The fraction of sp³-hybridized carbons (Fsp3) is 0.136. The van der Waals surface area contributed by atoms with Gasteiger partial charge >= 0.3 is 0 Å². The van der Waals surface area contributed by atoms with E-state index in [9.17, 15) is 14.4 Å². The smallest absolute Gasteiger partial charge is 0.255 e. The summed E-state index contributed by atoms with van der Waals surface area (Å²) in [5.41, 5.74) is 2.66. The topological polar surface area (TPSA) is 87.3 Å². The molecule has 6 nitrogen and oxygen atoms in total. The normalized spacial score (nSPS) is 10.2. The quantitative estimate of drug-likeness (QED) is 0.535. The number of carbonyl (C=O) groups is 3. The summed E-state index contributed by atoms with van der Waals surface area (Å²) in [5, 5.41) is 11.9. The third-order valence-electron chi connectivity index (χ3n) is 4.13. The van der Waals surface area contributed by atoms with Crippen molar-refractivity contribution < 1.29 is 14.4 Å². The largest absolute Gasteiger partial charge is 0.352 e. The standard InChI is InChI=1S/C22H21N3O3S/c26-20(9-11-23-21(27)18-10-12-29-15-18)24-14-16-5-4-6-17(13-16)22(28)25-19-7-2-1-3-8-19/h1-8,10,12-13,15H,9,11,14H2,(H,23,27)(H,24,26)(H,25,28). The van der Waals surface area contributed by atoms with Gasteiger partial charge in [-0.2, -0.15) is 11.3 Å². The van der Waals surface area contributed by atoms with Crippen LogP contribution in [0.25, 0.3) is 0 Å². The van der Waals surface area contributed by atoms with Gasteiger partial charge in [-0.1, -0.05) is 30.3 Å². The van der Waals surface area contributed by atoms with Gasteiger partial charge in [0.05, 0.1) is 0 Å². The molecule has 29 heavy (non-hydrogen) atoms. The number of hydrogen-bond donors (Lipinski definition) is 3. The molecule has 0 fully saturated rings. The lowest BCUT2D eigenvalue weighted by Crippen LogP contribution is -2.30. The highest BCUT2D eigenvalue weighted by Crippen LogP contribution is 2.10. The molecule has 3 N–H and O–H groups in total. The minimum atomic E-state index is -0.208. The van der Waals surface area contributed by atoms with Crippen LogP contribution in [0.5, 0.6) is 0 Å². The molecule has 148 valence electrons. The van der Waals surface area contributed by atoms with Crippen molar-refractivity contribution in [3.05, 3.63) is 88.1 Å². The van der Waals surface area contributed by atoms with Gasteiger partial charge in [0.15, 0.2) is 0 Å². The molecule has 0 saturated heterocycles. The minimum absolute atomic E-state index is 0.172. The molecule has 0 aliphatic carbocycles. The van der Waals surface area contributed by atoms with Crippen LogP contribution in [0.3, 0.4) is 0 Å². The Labute approximate surface area is 173 Å². The molecule has 3 amide bonds. The number of rotatable bonds is 8. The van der Waals surface area contributed by atoms with Gasteiger partial charge in [0.1, 0.15) is 0 Å². The lowest BCUT2D eigenvalue weighted by atomic mass is 10.1. The number of para-hydroxylation sites is 1. The van der Waals surface area contributed by atoms with Crippen molar-refractivity contribution in [2.75, 3.05) is 11.9 Å². The average Bonchev–Trinajstić information content (AvgIpc) is 3.28. The number of carbonyl (C=O) groups excluding carboxylic acids is 3. The van der Waals surface area contributed by atoms with Gasteiger partial charge in [-0.25, -0.2) is 0 Å². The summed E-state index contributed by atoms with van der Waals surface area (Å²) in [4.78, 5) is 36.2. The Morgan fingerprint density at radius 3 is 2.41 bits per heavy atom. The summed E-state index contributed by atoms with van der Waals surface area (Å²) in [6.07, 6.45) is 0.185. The van der Waals surface area contributed by atoms with Crippen LogP contribution in [0.4, 0.5) is 5.69 Å². The van der Waals surface area contributed by atoms with Crippen LogP contribution in [0, 0.1) is 0 Å². The molecule has 0 aliphatic heterocycles. The van der Waals surface area contributed by atoms with Crippen LogP contribution in [0.15, 0.2) is 71.4 Å². The van der Waals surface area contributed by atoms with Gasteiger partial charge in [0.25, 0.3) is 11.8 Å². The zero-order valence-corrected chi connectivity index (χ0v) is 16.5. The zero-order chi connectivity index (χ0) is 20.5. The van der Waals surface area contributed by atoms with Crippen molar-refractivity contribution in [1.29, 1.82) is 0 Å². The van der Waals surface area contributed by atoms with Crippen LogP contribution in [-0.4, -0.2) is 24.3 Å². The number of amides is 3. The Morgan fingerprint density at radius 2 is 1.66 bits per heavy atom. The fourth-order valence-electron chi connectivity index (χ4n) is 2.62. The Balaban J connectivity index is 1.44. The molecule has 1 aromatic heterocycles.